The number of Topliss-reactive ketones (excluding diaryl/α,β-unsaturated/α-hetero) is 2. The molecule has 8 heterocycles. The Bertz CT molecular complexity index is 3130. The molecule has 0 radical (unpaired) electrons. The van der Waals surface area contributed by atoms with E-state index >= 15 is 8.78 Å². The maximum absolute atomic E-state index is 15.1. The van der Waals surface area contributed by atoms with Crippen LogP contribution in [0, 0.1) is 11.6 Å². The first-order valence-corrected chi connectivity index (χ1v) is 27.8. The van der Waals surface area contributed by atoms with Gasteiger partial charge in [0.1, 0.15) is 59.6 Å². The quantitative estimate of drug-likeness (QED) is 0.0613. The van der Waals surface area contributed by atoms with Crippen molar-refractivity contribution in [2.45, 2.75) is 62.3 Å². The lowest BCUT2D eigenvalue weighted by Crippen LogP contribution is -2.36. The van der Waals surface area contributed by atoms with Crippen molar-refractivity contribution >= 4 is 79.6 Å². The Morgan fingerprint density at radius 3 is 1.34 bits per heavy atom. The minimum absolute atomic E-state index is 0.0243. The fourth-order valence-electron chi connectivity index (χ4n) is 10.5. The van der Waals surface area contributed by atoms with Gasteiger partial charge in [0.15, 0.2) is 23.2 Å². The van der Waals surface area contributed by atoms with Crippen LogP contribution in [0.25, 0.3) is 21.8 Å². The van der Waals surface area contributed by atoms with Crippen LogP contribution < -0.4 is 20.1 Å². The number of likely N-dealkylation sites (tertiary alicyclic amines) is 2. The number of hydrogen-bond donors (Lipinski definition) is 2. The molecule has 2 N–H and O–H groups in total. The molecular formula is C58H58Cl2F4N8O10. The van der Waals surface area contributed by atoms with E-state index in [9.17, 15) is 18.4 Å². The molecule has 0 amide bonds. The van der Waals surface area contributed by atoms with Crippen LogP contribution in [-0.2, 0) is 50.9 Å². The molecule has 0 saturated carbocycles. The van der Waals surface area contributed by atoms with Gasteiger partial charge in [0, 0.05) is 110 Å². The minimum atomic E-state index is -0.819. The molecule has 0 spiro atoms. The summed E-state index contributed by atoms with van der Waals surface area (Å²) in [6, 6.07) is 15.3. The number of nitrogens with zero attached hydrogens (tertiary/aromatic N) is 6. The maximum Gasteiger partial charge on any atom is 0.195 e. The summed E-state index contributed by atoms with van der Waals surface area (Å²) >= 11 is 11.9. The molecule has 6 atom stereocenters. The second-order valence-electron chi connectivity index (χ2n) is 20.5. The number of benzene rings is 4. The molecule has 6 fully saturated rings. The highest BCUT2D eigenvalue weighted by molar-refractivity contribution is 6.31. The average Bonchev–Trinajstić information content (AvgIpc) is 4.44. The van der Waals surface area contributed by atoms with Crippen molar-refractivity contribution in [3.8, 4) is 11.5 Å². The lowest BCUT2D eigenvalue weighted by molar-refractivity contribution is -0.117. The Kier molecular flexibility index (Phi) is 18.5. The van der Waals surface area contributed by atoms with E-state index in [0.717, 1.165) is 0 Å². The summed E-state index contributed by atoms with van der Waals surface area (Å²) in [6.07, 6.45) is 5.86. The van der Waals surface area contributed by atoms with Crippen LogP contribution in [0.2, 0.25) is 10.0 Å². The summed E-state index contributed by atoms with van der Waals surface area (Å²) < 4.78 is 104. The molecule has 4 aromatic carbocycles. The molecule has 24 heteroatoms. The van der Waals surface area contributed by atoms with Gasteiger partial charge >= 0.3 is 0 Å². The summed E-state index contributed by atoms with van der Waals surface area (Å²) in [7, 11) is 0. The molecule has 0 bridgehead atoms. The van der Waals surface area contributed by atoms with Crippen LogP contribution in [0.5, 0.6) is 11.5 Å². The Balaban J connectivity index is 0.000000172. The topological polar surface area (TPSA) is 190 Å². The smallest absolute Gasteiger partial charge is 0.195 e. The second-order valence-corrected chi connectivity index (χ2v) is 21.3. The predicted octanol–water partition coefficient (Wildman–Crippen LogP) is 8.80. The largest absolute Gasteiger partial charge is 0.488 e. The first-order valence-electron chi connectivity index (χ1n) is 27.0. The number of hydrogen-bond acceptors (Lipinski definition) is 18. The normalized spacial score (nSPS) is 23.1. The molecule has 12 rings (SSSR count). The van der Waals surface area contributed by atoms with Gasteiger partial charge in [-0.1, -0.05) is 23.2 Å². The highest BCUT2D eigenvalue weighted by atomic mass is 35.5. The van der Waals surface area contributed by atoms with Gasteiger partial charge in [-0.2, -0.15) is 0 Å². The number of carbonyl (C=O) groups excluding carboxylic acids is 2. The van der Waals surface area contributed by atoms with Crippen molar-refractivity contribution < 1.29 is 65.0 Å². The van der Waals surface area contributed by atoms with E-state index in [2.05, 4.69) is 30.6 Å². The van der Waals surface area contributed by atoms with Gasteiger partial charge in [-0.15, -0.1) is 0 Å². The number of halogens is 6. The Morgan fingerprint density at radius 2 is 0.976 bits per heavy atom. The summed E-state index contributed by atoms with van der Waals surface area (Å²) in [6.45, 7) is 7.30. The van der Waals surface area contributed by atoms with Gasteiger partial charge in [-0.05, 0) is 60.7 Å². The number of rotatable bonds is 18. The standard InChI is InChI=1S/2C29H29ClF2N4O5/c2*30-21-11-18(1-2-22(21)31)35-29-20-9-17(26(12-24(20)33-16-34-29)41-19-4-6-38-15-19)10-25(37)23(32)3-5-36-13-27-28(14-36)40-8-7-39-27/h2*1-3,9,11-12,16,19,27-28H,4-8,10,13-15H2,(H,33,34,35)/b23-3+;23-3-/t2*19-,27-,28+/m00/s1. The summed E-state index contributed by atoms with van der Waals surface area (Å²) in [5.74, 6) is -2.36. The van der Waals surface area contributed by atoms with E-state index in [1.165, 1.54) is 61.2 Å². The first-order chi connectivity index (χ1) is 39.8. The number of fused-ring (bicyclic) bond motifs is 4. The Hall–Kier alpha value is -6.44. The average molecular weight is 1170 g/mol. The van der Waals surface area contributed by atoms with Crippen molar-refractivity contribution in [3.05, 3.63) is 130 Å². The van der Waals surface area contributed by atoms with Crippen LogP contribution in [0.3, 0.4) is 0 Å². The monoisotopic (exact) mass is 1170 g/mol. The number of nitrogens with one attached hydrogen (secondary N) is 2. The second kappa shape index (κ2) is 26.4. The summed E-state index contributed by atoms with van der Waals surface area (Å²) in [5, 5.41) is 7.33. The minimum Gasteiger partial charge on any atom is -0.488 e. The van der Waals surface area contributed by atoms with Gasteiger partial charge in [0.2, 0.25) is 0 Å². The number of allylic oxidation sites excluding steroid dienone is 2. The number of carbonyl (C=O) groups is 2. The highest BCUT2D eigenvalue weighted by Crippen LogP contribution is 2.36. The number of ketones is 2. The van der Waals surface area contributed by atoms with Gasteiger partial charge in [-0.25, -0.2) is 37.5 Å². The fraction of sp³-hybridized carbons (Fsp3) is 0.414. The number of ether oxygens (including phenoxy) is 8. The Morgan fingerprint density at radius 1 is 0.573 bits per heavy atom. The first kappa shape index (κ1) is 57.4. The molecular weight excluding hydrogens is 1120 g/mol. The van der Waals surface area contributed by atoms with E-state index in [4.69, 9.17) is 61.1 Å². The molecule has 432 valence electrons. The number of anilines is 4. The van der Waals surface area contributed by atoms with Crippen molar-refractivity contribution in [2.75, 3.05) is 103 Å². The molecule has 2 aromatic heterocycles. The van der Waals surface area contributed by atoms with Crippen LogP contribution in [-0.4, -0.2) is 170 Å². The highest BCUT2D eigenvalue weighted by Gasteiger charge is 2.37. The third kappa shape index (κ3) is 14.1. The SMILES string of the molecule is O=C(Cc1cc2c(Nc3ccc(F)c(Cl)c3)ncnc2cc1O[C@H]1CCOC1)/C(F)=C/CN1C[C@@H]2OCCO[C@@H]2C1.O=C(Cc1cc2c(Nc3ccc(F)c(Cl)c3)ncnc2cc1O[C@H]1CCOC1)/C(F)=C\CN1C[C@@H]2OCCO[C@@H]2C1. The van der Waals surface area contributed by atoms with E-state index < -0.39 is 34.9 Å². The molecule has 18 nitrogen and oxygen atoms in total. The lowest BCUT2D eigenvalue weighted by atomic mass is 10.0. The van der Waals surface area contributed by atoms with Crippen molar-refractivity contribution in [1.29, 1.82) is 0 Å². The van der Waals surface area contributed by atoms with Crippen molar-refractivity contribution in [2.24, 2.45) is 0 Å². The summed E-state index contributed by atoms with van der Waals surface area (Å²) in [4.78, 5) is 47.5. The fourth-order valence-corrected chi connectivity index (χ4v) is 10.8. The zero-order chi connectivity index (χ0) is 56.7. The third-order valence-electron chi connectivity index (χ3n) is 14.7. The van der Waals surface area contributed by atoms with E-state index in [1.54, 1.807) is 24.3 Å². The van der Waals surface area contributed by atoms with Crippen molar-refractivity contribution in [3.63, 3.8) is 0 Å². The zero-order valence-electron chi connectivity index (χ0n) is 44.3. The van der Waals surface area contributed by atoms with E-state index in [-0.39, 0.29) is 72.6 Å². The molecule has 0 aliphatic carbocycles. The zero-order valence-corrected chi connectivity index (χ0v) is 45.8. The molecule has 6 saturated heterocycles. The van der Waals surface area contributed by atoms with Crippen LogP contribution in [0.15, 0.2) is 97.1 Å². The van der Waals surface area contributed by atoms with Gasteiger partial charge in [0.05, 0.1) is 98.3 Å². The molecule has 6 aliphatic rings. The third-order valence-corrected chi connectivity index (χ3v) is 15.3. The van der Waals surface area contributed by atoms with Gasteiger partial charge in [0.25, 0.3) is 0 Å². The van der Waals surface area contributed by atoms with Gasteiger partial charge in [-0.3, -0.25) is 19.4 Å². The predicted molar refractivity (Wildman–Crippen MR) is 296 cm³/mol. The maximum atomic E-state index is 15.1. The molecule has 82 heavy (non-hydrogen) atoms. The van der Waals surface area contributed by atoms with Gasteiger partial charge < -0.3 is 48.5 Å². The molecule has 6 aliphatic heterocycles. The molecule has 0 unspecified atom stereocenters. The van der Waals surface area contributed by atoms with E-state index in [0.29, 0.717) is 159 Å². The van der Waals surface area contributed by atoms with Crippen LogP contribution in [0.1, 0.15) is 24.0 Å². The van der Waals surface area contributed by atoms with Crippen molar-refractivity contribution in [1.82, 2.24) is 29.7 Å². The molecule has 6 aromatic rings. The van der Waals surface area contributed by atoms with Crippen LogP contribution >= 0.6 is 23.2 Å². The Labute approximate surface area is 479 Å². The van der Waals surface area contributed by atoms with Crippen LogP contribution in [0.4, 0.5) is 40.6 Å². The lowest BCUT2D eigenvalue weighted by Gasteiger charge is -2.24. The van der Waals surface area contributed by atoms with E-state index in [1.807, 2.05) is 9.80 Å². The summed E-state index contributed by atoms with van der Waals surface area (Å²) in [5.41, 5.74) is 3.12. The number of aromatic nitrogens is 4.